The lowest BCUT2D eigenvalue weighted by molar-refractivity contribution is -0.384. The molecule has 0 amide bonds. The average Bonchev–Trinajstić information content (AvgIpc) is 2.49. The first-order valence-corrected chi connectivity index (χ1v) is 6.58. The van der Waals surface area contributed by atoms with Gasteiger partial charge in [0.15, 0.2) is 5.69 Å². The Balaban J connectivity index is 2.77. The van der Waals surface area contributed by atoms with Crippen LogP contribution in [0.4, 0.5) is 11.5 Å². The number of nitrogens with one attached hydrogen (secondary N) is 1. The molecule has 0 saturated carbocycles. The number of esters is 1. The largest absolute Gasteiger partial charge is 0.464 e. The summed E-state index contributed by atoms with van der Waals surface area (Å²) in [5.41, 5.74) is -0.188. The van der Waals surface area contributed by atoms with Crippen molar-refractivity contribution >= 4 is 17.5 Å². The molecular weight excluding hydrogens is 278 g/mol. The van der Waals surface area contributed by atoms with E-state index in [0.717, 1.165) is 12.8 Å². The number of anilines is 1. The molecule has 0 bridgehead atoms. The van der Waals surface area contributed by atoms with Crippen LogP contribution in [0.25, 0.3) is 0 Å². The van der Waals surface area contributed by atoms with Gasteiger partial charge in [0.05, 0.1) is 12.0 Å². The van der Waals surface area contributed by atoms with Crippen molar-refractivity contribution < 1.29 is 19.6 Å². The van der Waals surface area contributed by atoms with E-state index in [-0.39, 0.29) is 29.7 Å². The quantitative estimate of drug-likeness (QED) is 0.324. The van der Waals surface area contributed by atoms with Crippen molar-refractivity contribution in [2.45, 2.75) is 19.8 Å². The number of nitrogens with zero attached hydrogens (tertiary/aromatic N) is 2. The van der Waals surface area contributed by atoms with Crippen LogP contribution in [0.15, 0.2) is 12.1 Å². The van der Waals surface area contributed by atoms with E-state index in [1.807, 2.05) is 6.92 Å². The molecule has 0 aromatic carbocycles. The van der Waals surface area contributed by atoms with Crippen LogP contribution in [0.1, 0.15) is 30.3 Å². The fourth-order valence-electron chi connectivity index (χ4n) is 1.70. The Hall–Kier alpha value is -2.22. The van der Waals surface area contributed by atoms with E-state index in [2.05, 4.69) is 15.0 Å². The topological polar surface area (TPSA) is 115 Å². The molecule has 1 unspecified atom stereocenters. The number of pyridine rings is 1. The summed E-state index contributed by atoms with van der Waals surface area (Å²) in [5.74, 6) is -0.433. The van der Waals surface area contributed by atoms with Gasteiger partial charge >= 0.3 is 11.7 Å². The Morgan fingerprint density at radius 3 is 2.86 bits per heavy atom. The van der Waals surface area contributed by atoms with Gasteiger partial charge in [0.1, 0.15) is 0 Å². The van der Waals surface area contributed by atoms with Crippen LogP contribution < -0.4 is 5.32 Å². The second-order valence-corrected chi connectivity index (χ2v) is 4.67. The van der Waals surface area contributed by atoms with Gasteiger partial charge in [-0.15, -0.1) is 0 Å². The first-order chi connectivity index (χ1) is 9.99. The summed E-state index contributed by atoms with van der Waals surface area (Å²) in [7, 11) is 1.22. The van der Waals surface area contributed by atoms with Gasteiger partial charge in [-0.2, -0.15) is 0 Å². The summed E-state index contributed by atoms with van der Waals surface area (Å²) in [6.07, 6.45) is 1.51. The van der Waals surface area contributed by atoms with Crippen molar-refractivity contribution in [2.75, 3.05) is 25.6 Å². The molecular formula is C13H19N3O5. The number of nitro groups is 1. The van der Waals surface area contributed by atoms with Crippen LogP contribution in [0, 0.1) is 16.0 Å². The molecule has 1 atom stereocenters. The molecule has 0 fully saturated rings. The highest BCUT2D eigenvalue weighted by Gasteiger charge is 2.18. The Morgan fingerprint density at radius 1 is 1.57 bits per heavy atom. The lowest BCUT2D eigenvalue weighted by Crippen LogP contribution is -2.12. The fourth-order valence-corrected chi connectivity index (χ4v) is 1.70. The molecule has 1 rings (SSSR count). The van der Waals surface area contributed by atoms with Crippen LogP contribution in [-0.4, -0.2) is 41.2 Å². The average molecular weight is 297 g/mol. The van der Waals surface area contributed by atoms with E-state index < -0.39 is 10.9 Å². The van der Waals surface area contributed by atoms with Crippen molar-refractivity contribution in [3.63, 3.8) is 0 Å². The number of aliphatic hydroxyl groups excluding tert-OH is 1. The van der Waals surface area contributed by atoms with E-state index in [0.29, 0.717) is 6.54 Å². The smallest absolute Gasteiger partial charge is 0.356 e. The van der Waals surface area contributed by atoms with E-state index in [1.165, 1.54) is 19.2 Å². The van der Waals surface area contributed by atoms with E-state index in [1.54, 1.807) is 0 Å². The number of methoxy groups -OCH3 is 1. The second-order valence-electron chi connectivity index (χ2n) is 4.67. The Morgan fingerprint density at radius 2 is 2.29 bits per heavy atom. The van der Waals surface area contributed by atoms with E-state index >= 15 is 0 Å². The number of hydrogen-bond acceptors (Lipinski definition) is 7. The van der Waals surface area contributed by atoms with Crippen LogP contribution in [0.5, 0.6) is 0 Å². The molecule has 2 N–H and O–H groups in total. The lowest BCUT2D eigenvalue weighted by atomic mass is 10.1. The SMILES string of the molecule is COC(=O)c1ccc([N+](=O)[O-])c(NCCCC(C)CO)n1. The third-order valence-corrected chi connectivity index (χ3v) is 2.94. The Bertz CT molecular complexity index is 507. The molecule has 0 aliphatic heterocycles. The molecule has 1 aromatic rings. The molecule has 8 nitrogen and oxygen atoms in total. The summed E-state index contributed by atoms with van der Waals surface area (Å²) in [6, 6.07) is 2.47. The Labute approximate surface area is 122 Å². The molecule has 8 heteroatoms. The third kappa shape index (κ3) is 4.99. The van der Waals surface area contributed by atoms with Gasteiger partial charge in [0.25, 0.3) is 0 Å². The van der Waals surface area contributed by atoms with Gasteiger partial charge in [-0.05, 0) is 24.8 Å². The molecule has 0 saturated heterocycles. The number of carbonyl (C=O) groups excluding carboxylic acids is 1. The van der Waals surface area contributed by atoms with Gasteiger partial charge in [0.2, 0.25) is 5.82 Å². The second kappa shape index (κ2) is 8.15. The zero-order chi connectivity index (χ0) is 15.8. The van der Waals surface area contributed by atoms with Gasteiger partial charge < -0.3 is 15.2 Å². The van der Waals surface area contributed by atoms with Gasteiger partial charge in [0, 0.05) is 19.2 Å². The van der Waals surface area contributed by atoms with Crippen molar-refractivity contribution in [1.82, 2.24) is 4.98 Å². The molecule has 116 valence electrons. The van der Waals surface area contributed by atoms with Crippen LogP contribution in [-0.2, 0) is 4.74 Å². The van der Waals surface area contributed by atoms with Crippen molar-refractivity contribution in [3.05, 3.63) is 27.9 Å². The first kappa shape index (κ1) is 16.8. The zero-order valence-corrected chi connectivity index (χ0v) is 12.0. The monoisotopic (exact) mass is 297 g/mol. The van der Waals surface area contributed by atoms with Crippen LogP contribution in [0.2, 0.25) is 0 Å². The zero-order valence-electron chi connectivity index (χ0n) is 12.0. The van der Waals surface area contributed by atoms with E-state index in [9.17, 15) is 14.9 Å². The normalized spacial score (nSPS) is 11.8. The minimum atomic E-state index is -0.651. The van der Waals surface area contributed by atoms with Gasteiger partial charge in [-0.3, -0.25) is 10.1 Å². The summed E-state index contributed by atoms with van der Waals surface area (Å²) in [6.45, 7) is 2.48. The van der Waals surface area contributed by atoms with Crippen LogP contribution in [0.3, 0.4) is 0 Å². The lowest BCUT2D eigenvalue weighted by Gasteiger charge is -2.09. The predicted octanol–water partition coefficient (Wildman–Crippen LogP) is 1.60. The maximum absolute atomic E-state index is 11.4. The minimum absolute atomic E-state index is 0.00864. The Kier molecular flexibility index (Phi) is 6.54. The number of aliphatic hydroxyl groups is 1. The number of ether oxygens (including phenoxy) is 1. The summed E-state index contributed by atoms with van der Waals surface area (Å²) in [5, 5.41) is 22.7. The predicted molar refractivity (Wildman–Crippen MR) is 76.2 cm³/mol. The third-order valence-electron chi connectivity index (χ3n) is 2.94. The summed E-state index contributed by atoms with van der Waals surface area (Å²) < 4.78 is 4.54. The van der Waals surface area contributed by atoms with E-state index in [4.69, 9.17) is 5.11 Å². The maximum Gasteiger partial charge on any atom is 0.356 e. The summed E-state index contributed by atoms with van der Waals surface area (Å²) >= 11 is 0. The maximum atomic E-state index is 11.4. The highest BCUT2D eigenvalue weighted by Crippen LogP contribution is 2.22. The fraction of sp³-hybridized carbons (Fsp3) is 0.538. The summed E-state index contributed by atoms with van der Waals surface area (Å²) in [4.78, 5) is 25.7. The van der Waals surface area contributed by atoms with Crippen molar-refractivity contribution in [1.29, 1.82) is 0 Å². The highest BCUT2D eigenvalue weighted by atomic mass is 16.6. The number of carbonyl (C=O) groups is 1. The molecule has 1 aromatic heterocycles. The van der Waals surface area contributed by atoms with Crippen molar-refractivity contribution in [3.8, 4) is 0 Å². The molecule has 0 aliphatic rings. The molecule has 1 heterocycles. The number of hydrogen-bond donors (Lipinski definition) is 2. The number of rotatable bonds is 8. The van der Waals surface area contributed by atoms with Gasteiger partial charge in [-0.1, -0.05) is 6.92 Å². The standard InChI is InChI=1S/C13H19N3O5/c1-9(8-17)4-3-7-14-12-11(16(19)20)6-5-10(15-12)13(18)21-2/h5-6,9,17H,3-4,7-8H2,1-2H3,(H,14,15). The van der Waals surface area contributed by atoms with Crippen LogP contribution >= 0.6 is 0 Å². The molecule has 0 spiro atoms. The molecule has 0 aliphatic carbocycles. The van der Waals surface area contributed by atoms with Gasteiger partial charge in [-0.25, -0.2) is 9.78 Å². The minimum Gasteiger partial charge on any atom is -0.464 e. The molecule has 0 radical (unpaired) electrons. The first-order valence-electron chi connectivity index (χ1n) is 6.58. The highest BCUT2D eigenvalue weighted by molar-refractivity contribution is 5.88. The molecule has 21 heavy (non-hydrogen) atoms. The van der Waals surface area contributed by atoms with Crippen molar-refractivity contribution in [2.24, 2.45) is 5.92 Å². The number of aromatic nitrogens is 1.